The number of pyridine rings is 1. The Morgan fingerprint density at radius 1 is 1.29 bits per heavy atom. The van der Waals surface area contributed by atoms with Crippen molar-refractivity contribution in [1.82, 2.24) is 4.98 Å². The van der Waals surface area contributed by atoms with Gasteiger partial charge in [-0.05, 0) is 29.5 Å². The molecule has 0 atom stereocenters. The summed E-state index contributed by atoms with van der Waals surface area (Å²) in [5, 5.41) is 4.45. The van der Waals surface area contributed by atoms with Crippen molar-refractivity contribution in [3.8, 4) is 0 Å². The van der Waals surface area contributed by atoms with E-state index in [1.165, 1.54) is 16.5 Å². The van der Waals surface area contributed by atoms with Crippen LogP contribution < -0.4 is 5.32 Å². The van der Waals surface area contributed by atoms with Gasteiger partial charge in [-0.25, -0.2) is 4.98 Å². The Morgan fingerprint density at radius 2 is 2.06 bits per heavy atom. The fraction of sp³-hybridized carbons (Fsp3) is 0.400. The molecule has 90 valence electrons. The van der Waals surface area contributed by atoms with Crippen molar-refractivity contribution in [2.45, 2.75) is 33.1 Å². The first-order valence-electron chi connectivity index (χ1n) is 6.27. The van der Waals surface area contributed by atoms with Crippen LogP contribution in [0.1, 0.15) is 37.8 Å². The van der Waals surface area contributed by atoms with Crippen molar-refractivity contribution in [3.63, 3.8) is 0 Å². The summed E-state index contributed by atoms with van der Waals surface area (Å²) in [6.45, 7) is 6.58. The number of hydrogen-bond donors (Lipinski definition) is 1. The maximum absolute atomic E-state index is 4.77. The number of fused-ring (bicyclic) bond motifs is 1. The maximum Gasteiger partial charge on any atom is 0.129 e. The number of aryl methyl sites for hydroxylation is 1. The van der Waals surface area contributed by atoms with Gasteiger partial charge in [0.2, 0.25) is 0 Å². The maximum atomic E-state index is 4.77. The number of para-hydroxylation sites is 1. The predicted octanol–water partition coefficient (Wildman–Crippen LogP) is 3.96. The van der Waals surface area contributed by atoms with E-state index in [9.17, 15) is 0 Å². The standard InChI is InChI=1S/C15H20N2/c1-5-11-7-6-8-12-9-13(10(2)3)15(16-4)17-14(11)12/h6-10H,5H2,1-4H3,(H,16,17). The lowest BCUT2D eigenvalue weighted by Crippen LogP contribution is -2.02. The predicted molar refractivity (Wildman–Crippen MR) is 74.8 cm³/mol. The Balaban J connectivity index is 2.73. The number of rotatable bonds is 3. The third-order valence-corrected chi connectivity index (χ3v) is 3.20. The topological polar surface area (TPSA) is 24.9 Å². The summed E-state index contributed by atoms with van der Waals surface area (Å²) in [7, 11) is 1.94. The minimum atomic E-state index is 0.486. The number of nitrogens with one attached hydrogen (secondary N) is 1. The normalized spacial score (nSPS) is 11.1. The van der Waals surface area contributed by atoms with E-state index in [4.69, 9.17) is 4.98 Å². The number of benzene rings is 1. The molecule has 0 aliphatic carbocycles. The molecule has 2 rings (SSSR count). The van der Waals surface area contributed by atoms with Crippen LogP contribution in [0.2, 0.25) is 0 Å². The monoisotopic (exact) mass is 228 g/mol. The molecule has 1 aromatic carbocycles. The molecule has 0 aliphatic heterocycles. The lowest BCUT2D eigenvalue weighted by atomic mass is 10.00. The van der Waals surface area contributed by atoms with Crippen molar-refractivity contribution in [1.29, 1.82) is 0 Å². The Kier molecular flexibility index (Phi) is 3.32. The molecule has 0 radical (unpaired) electrons. The molecule has 0 fully saturated rings. The van der Waals surface area contributed by atoms with Crippen LogP contribution in [0.25, 0.3) is 10.9 Å². The summed E-state index contributed by atoms with van der Waals surface area (Å²) in [5.74, 6) is 1.49. The molecule has 0 unspecified atom stereocenters. The summed E-state index contributed by atoms with van der Waals surface area (Å²) in [6.07, 6.45) is 1.02. The fourth-order valence-electron chi connectivity index (χ4n) is 2.20. The van der Waals surface area contributed by atoms with E-state index in [1.54, 1.807) is 0 Å². The molecule has 1 N–H and O–H groups in total. The van der Waals surface area contributed by atoms with Gasteiger partial charge >= 0.3 is 0 Å². The van der Waals surface area contributed by atoms with Crippen LogP contribution in [0.15, 0.2) is 24.3 Å². The van der Waals surface area contributed by atoms with E-state index in [2.05, 4.69) is 50.4 Å². The minimum absolute atomic E-state index is 0.486. The Hall–Kier alpha value is -1.57. The van der Waals surface area contributed by atoms with Crippen LogP contribution in [0.3, 0.4) is 0 Å². The van der Waals surface area contributed by atoms with Crippen LogP contribution in [-0.2, 0) is 6.42 Å². The molecule has 0 saturated carbocycles. The molecule has 0 aliphatic rings. The highest BCUT2D eigenvalue weighted by Gasteiger charge is 2.10. The highest BCUT2D eigenvalue weighted by Crippen LogP contribution is 2.28. The average molecular weight is 228 g/mol. The summed E-state index contributed by atoms with van der Waals surface area (Å²) >= 11 is 0. The highest BCUT2D eigenvalue weighted by atomic mass is 15.0. The van der Waals surface area contributed by atoms with Gasteiger partial charge in [-0.15, -0.1) is 0 Å². The van der Waals surface area contributed by atoms with Gasteiger partial charge in [-0.1, -0.05) is 39.0 Å². The number of aromatic nitrogens is 1. The first kappa shape index (κ1) is 11.9. The second-order valence-corrected chi connectivity index (χ2v) is 4.67. The number of hydrogen-bond acceptors (Lipinski definition) is 2. The Morgan fingerprint density at radius 3 is 2.65 bits per heavy atom. The van der Waals surface area contributed by atoms with Gasteiger partial charge in [0.15, 0.2) is 0 Å². The van der Waals surface area contributed by atoms with Crippen molar-refractivity contribution < 1.29 is 0 Å². The fourth-order valence-corrected chi connectivity index (χ4v) is 2.20. The van der Waals surface area contributed by atoms with Crippen molar-refractivity contribution >= 4 is 16.7 Å². The Labute approximate surface area is 103 Å². The summed E-state index contributed by atoms with van der Waals surface area (Å²) in [5.41, 5.74) is 3.73. The van der Waals surface area contributed by atoms with Crippen LogP contribution in [0, 0.1) is 0 Å². The minimum Gasteiger partial charge on any atom is -0.373 e. The molecule has 0 saturated heterocycles. The third kappa shape index (κ3) is 2.12. The van der Waals surface area contributed by atoms with Gasteiger partial charge in [-0.3, -0.25) is 0 Å². The average Bonchev–Trinajstić information content (AvgIpc) is 2.36. The quantitative estimate of drug-likeness (QED) is 0.860. The van der Waals surface area contributed by atoms with Gasteiger partial charge in [0.1, 0.15) is 5.82 Å². The van der Waals surface area contributed by atoms with E-state index in [1.807, 2.05) is 7.05 Å². The second kappa shape index (κ2) is 4.74. The molecule has 0 spiro atoms. The van der Waals surface area contributed by atoms with E-state index in [0.29, 0.717) is 5.92 Å². The number of anilines is 1. The highest BCUT2D eigenvalue weighted by molar-refractivity contribution is 5.84. The van der Waals surface area contributed by atoms with Crippen LogP contribution in [-0.4, -0.2) is 12.0 Å². The van der Waals surface area contributed by atoms with Crippen molar-refractivity contribution in [3.05, 3.63) is 35.4 Å². The van der Waals surface area contributed by atoms with Gasteiger partial charge in [0, 0.05) is 12.4 Å². The van der Waals surface area contributed by atoms with E-state index >= 15 is 0 Å². The molecule has 2 heteroatoms. The molecule has 2 aromatic rings. The molecule has 2 nitrogen and oxygen atoms in total. The lowest BCUT2D eigenvalue weighted by Gasteiger charge is -2.14. The van der Waals surface area contributed by atoms with Crippen molar-refractivity contribution in [2.24, 2.45) is 0 Å². The summed E-state index contributed by atoms with van der Waals surface area (Å²) < 4.78 is 0. The molecule has 1 aromatic heterocycles. The molecular weight excluding hydrogens is 208 g/mol. The van der Waals surface area contributed by atoms with Gasteiger partial charge in [-0.2, -0.15) is 0 Å². The van der Waals surface area contributed by atoms with E-state index < -0.39 is 0 Å². The van der Waals surface area contributed by atoms with Gasteiger partial charge in [0.25, 0.3) is 0 Å². The van der Waals surface area contributed by atoms with E-state index in [-0.39, 0.29) is 0 Å². The molecule has 1 heterocycles. The van der Waals surface area contributed by atoms with Crippen LogP contribution in [0.4, 0.5) is 5.82 Å². The lowest BCUT2D eigenvalue weighted by molar-refractivity contribution is 0.864. The molecule has 17 heavy (non-hydrogen) atoms. The zero-order valence-electron chi connectivity index (χ0n) is 11.0. The SMILES string of the molecule is CCc1cccc2cc(C(C)C)c(NC)nc12. The molecule has 0 amide bonds. The van der Waals surface area contributed by atoms with Gasteiger partial charge in [0.05, 0.1) is 5.52 Å². The third-order valence-electron chi connectivity index (χ3n) is 3.20. The second-order valence-electron chi connectivity index (χ2n) is 4.67. The zero-order chi connectivity index (χ0) is 12.4. The summed E-state index contributed by atoms with van der Waals surface area (Å²) in [4.78, 5) is 4.77. The first-order valence-corrected chi connectivity index (χ1v) is 6.27. The Bertz CT molecular complexity index is 530. The summed E-state index contributed by atoms with van der Waals surface area (Å²) in [6, 6.07) is 8.68. The number of nitrogens with zero attached hydrogens (tertiary/aromatic N) is 1. The van der Waals surface area contributed by atoms with Crippen LogP contribution >= 0.6 is 0 Å². The molecule has 0 bridgehead atoms. The van der Waals surface area contributed by atoms with Crippen LogP contribution in [0.5, 0.6) is 0 Å². The smallest absolute Gasteiger partial charge is 0.129 e. The first-order chi connectivity index (χ1) is 8.17. The van der Waals surface area contributed by atoms with Crippen molar-refractivity contribution in [2.75, 3.05) is 12.4 Å². The van der Waals surface area contributed by atoms with Gasteiger partial charge < -0.3 is 5.32 Å². The van der Waals surface area contributed by atoms with E-state index in [0.717, 1.165) is 17.8 Å². The molecular formula is C15H20N2. The largest absolute Gasteiger partial charge is 0.373 e. The zero-order valence-corrected chi connectivity index (χ0v) is 11.0.